The van der Waals surface area contributed by atoms with Gasteiger partial charge in [-0.15, -0.1) is 0 Å². The summed E-state index contributed by atoms with van der Waals surface area (Å²) in [6.45, 7) is 1.66. The molecule has 0 radical (unpaired) electrons. The smallest absolute Gasteiger partial charge is 0.223 e. The minimum atomic E-state index is -4.62. The molecule has 0 spiro atoms. The summed E-state index contributed by atoms with van der Waals surface area (Å²) in [4.78, 5) is 3.45. The second-order valence-electron chi connectivity index (χ2n) is 6.15. The second-order valence-corrected chi connectivity index (χ2v) is 8.15. The Morgan fingerprint density at radius 3 is 2.36 bits per heavy atom. The van der Waals surface area contributed by atoms with Gasteiger partial charge in [0, 0.05) is 13.1 Å². The summed E-state index contributed by atoms with van der Waals surface area (Å²) >= 11 is 0. The molecule has 3 aromatic rings. The summed E-state index contributed by atoms with van der Waals surface area (Å²) in [5.74, 6) is 0. The lowest BCUT2D eigenvalue weighted by Gasteiger charge is -2.25. The van der Waals surface area contributed by atoms with Crippen LogP contribution in [0, 0.1) is 0 Å². The van der Waals surface area contributed by atoms with Crippen molar-refractivity contribution in [3.63, 3.8) is 0 Å². The summed E-state index contributed by atoms with van der Waals surface area (Å²) in [6.07, 6.45) is -1.69. The summed E-state index contributed by atoms with van der Waals surface area (Å²) in [5.41, 5.74) is 0.422. The van der Waals surface area contributed by atoms with Crippen LogP contribution in [-0.2, 0) is 16.2 Å². The Kier molecular flexibility index (Phi) is 5.26. The Morgan fingerprint density at radius 1 is 1.11 bits per heavy atom. The molecule has 2 aromatic carbocycles. The zero-order valence-electron chi connectivity index (χ0n) is 15.0. The number of alkyl halides is 3. The molecule has 1 aromatic heterocycles. The number of rotatable bonds is 5. The maximum atomic E-state index is 12.9. The van der Waals surface area contributed by atoms with E-state index in [1.165, 1.54) is 19.7 Å². The number of nitrogens with zero attached hydrogens (tertiary/aromatic N) is 4. The Balaban J connectivity index is 1.87. The third-order valence-corrected chi connectivity index (χ3v) is 6.37. The van der Waals surface area contributed by atoms with E-state index in [-0.39, 0.29) is 0 Å². The van der Waals surface area contributed by atoms with Crippen LogP contribution >= 0.6 is 0 Å². The van der Waals surface area contributed by atoms with E-state index < -0.39 is 32.7 Å². The van der Waals surface area contributed by atoms with Crippen LogP contribution in [0.15, 0.2) is 66.1 Å². The maximum absolute atomic E-state index is 12.9. The fourth-order valence-electron chi connectivity index (χ4n) is 2.66. The van der Waals surface area contributed by atoms with Crippen molar-refractivity contribution < 1.29 is 21.6 Å². The van der Waals surface area contributed by atoms with Crippen LogP contribution in [0.2, 0.25) is 0 Å². The van der Waals surface area contributed by atoms with Gasteiger partial charge in [-0.2, -0.15) is 22.6 Å². The molecule has 0 fully saturated rings. The van der Waals surface area contributed by atoms with E-state index >= 15 is 0 Å². The van der Waals surface area contributed by atoms with Gasteiger partial charge in [0.15, 0.2) is 0 Å². The number of hydrogen-bond acceptors (Lipinski definition) is 4. The lowest BCUT2D eigenvalue weighted by atomic mass is 10.1. The predicted octanol–water partition coefficient (Wildman–Crippen LogP) is 3.67. The topological polar surface area (TPSA) is 68.1 Å². The summed E-state index contributed by atoms with van der Waals surface area (Å²) < 4.78 is 67.0. The van der Waals surface area contributed by atoms with Crippen molar-refractivity contribution >= 4 is 10.0 Å². The molecule has 0 aliphatic heterocycles. The zero-order valence-corrected chi connectivity index (χ0v) is 15.8. The Hall–Kier alpha value is -2.72. The Bertz CT molecular complexity index is 1050. The van der Waals surface area contributed by atoms with Crippen molar-refractivity contribution in [2.45, 2.75) is 24.0 Å². The molecule has 0 amide bonds. The van der Waals surface area contributed by atoms with Crippen molar-refractivity contribution in [1.82, 2.24) is 19.1 Å². The van der Waals surface area contributed by atoms with E-state index in [1.54, 1.807) is 35.9 Å². The molecular weight excluding hydrogens is 393 g/mol. The molecule has 6 nitrogen and oxygen atoms in total. The van der Waals surface area contributed by atoms with Crippen LogP contribution in [0.4, 0.5) is 13.2 Å². The van der Waals surface area contributed by atoms with Gasteiger partial charge in [-0.05, 0) is 42.8 Å². The largest absolute Gasteiger partial charge is 0.416 e. The molecule has 0 aliphatic carbocycles. The average Bonchev–Trinajstić information content (AvgIpc) is 3.21. The van der Waals surface area contributed by atoms with Crippen LogP contribution in [-0.4, -0.2) is 34.5 Å². The zero-order chi connectivity index (χ0) is 20.5. The van der Waals surface area contributed by atoms with Crippen molar-refractivity contribution in [3.8, 4) is 5.69 Å². The molecular formula is C18H17F3N4O2S. The standard InChI is InChI=1S/C18H17F3N4O2S/c1-13(14-6-8-16(9-7-14)25-12-22-11-23-25)24(2)28(26,27)17-5-3-4-15(10-17)18(19,20)21/h3-13H,1-2H3/t13-/m0/s1. The molecule has 10 heteroatoms. The second kappa shape index (κ2) is 7.36. The third kappa shape index (κ3) is 3.92. The van der Waals surface area contributed by atoms with Crippen LogP contribution in [0.3, 0.4) is 0 Å². The first kappa shape index (κ1) is 20.0. The number of aromatic nitrogens is 3. The number of hydrogen-bond donors (Lipinski definition) is 0. The summed E-state index contributed by atoms with van der Waals surface area (Å²) in [6, 6.07) is 10.1. The molecule has 0 bridgehead atoms. The van der Waals surface area contributed by atoms with Gasteiger partial charge in [0.1, 0.15) is 12.7 Å². The predicted molar refractivity (Wildman–Crippen MR) is 96.2 cm³/mol. The fourth-order valence-corrected chi connectivity index (χ4v) is 4.06. The molecule has 0 unspecified atom stereocenters. The Morgan fingerprint density at radius 2 is 1.79 bits per heavy atom. The van der Waals surface area contributed by atoms with Gasteiger partial charge >= 0.3 is 6.18 Å². The highest BCUT2D eigenvalue weighted by Gasteiger charge is 2.33. The molecule has 28 heavy (non-hydrogen) atoms. The van der Waals surface area contributed by atoms with E-state index in [2.05, 4.69) is 10.1 Å². The van der Waals surface area contributed by atoms with Crippen LogP contribution in [0.1, 0.15) is 24.1 Å². The lowest BCUT2D eigenvalue weighted by molar-refractivity contribution is -0.137. The highest BCUT2D eigenvalue weighted by molar-refractivity contribution is 7.89. The molecule has 0 saturated carbocycles. The van der Waals surface area contributed by atoms with Gasteiger partial charge in [-0.3, -0.25) is 0 Å². The molecule has 0 aliphatic rings. The quantitative estimate of drug-likeness (QED) is 0.644. The first-order valence-electron chi connectivity index (χ1n) is 8.21. The van der Waals surface area contributed by atoms with E-state index in [1.807, 2.05) is 0 Å². The molecule has 0 saturated heterocycles. The highest BCUT2D eigenvalue weighted by atomic mass is 32.2. The summed E-state index contributed by atoms with van der Waals surface area (Å²) in [5, 5.41) is 4.01. The van der Waals surface area contributed by atoms with Gasteiger partial charge < -0.3 is 0 Å². The average molecular weight is 410 g/mol. The van der Waals surface area contributed by atoms with Gasteiger partial charge in [0.05, 0.1) is 16.1 Å². The first-order valence-corrected chi connectivity index (χ1v) is 9.65. The van der Waals surface area contributed by atoms with Gasteiger partial charge in [-0.25, -0.2) is 18.1 Å². The molecule has 0 N–H and O–H groups in total. The van der Waals surface area contributed by atoms with Gasteiger partial charge in [0.25, 0.3) is 0 Å². The van der Waals surface area contributed by atoms with Crippen molar-refractivity contribution in [2.24, 2.45) is 0 Å². The monoisotopic (exact) mass is 410 g/mol. The van der Waals surface area contributed by atoms with Crippen molar-refractivity contribution in [1.29, 1.82) is 0 Å². The number of sulfonamides is 1. The first-order chi connectivity index (χ1) is 13.1. The van der Waals surface area contributed by atoms with Crippen LogP contribution in [0.5, 0.6) is 0 Å². The van der Waals surface area contributed by atoms with Crippen molar-refractivity contribution in [3.05, 3.63) is 72.3 Å². The van der Waals surface area contributed by atoms with Gasteiger partial charge in [0.2, 0.25) is 10.0 Å². The van der Waals surface area contributed by atoms with E-state index in [4.69, 9.17) is 0 Å². The lowest BCUT2D eigenvalue weighted by Crippen LogP contribution is -2.30. The maximum Gasteiger partial charge on any atom is 0.416 e. The SMILES string of the molecule is C[C@@H](c1ccc(-n2cncn2)cc1)N(C)S(=O)(=O)c1cccc(C(F)(F)F)c1. The Labute approximate surface area is 160 Å². The molecule has 1 atom stereocenters. The van der Waals surface area contributed by atoms with Crippen molar-refractivity contribution in [2.75, 3.05) is 7.05 Å². The summed E-state index contributed by atoms with van der Waals surface area (Å²) in [7, 11) is -2.78. The van der Waals surface area contributed by atoms with E-state index in [0.29, 0.717) is 11.6 Å². The van der Waals surface area contributed by atoms with Gasteiger partial charge in [-0.1, -0.05) is 18.2 Å². The van der Waals surface area contributed by atoms with E-state index in [9.17, 15) is 21.6 Å². The fraction of sp³-hybridized carbons (Fsp3) is 0.222. The number of benzene rings is 2. The molecule has 148 valence electrons. The van der Waals surface area contributed by atoms with Crippen LogP contribution < -0.4 is 0 Å². The van der Waals surface area contributed by atoms with E-state index in [0.717, 1.165) is 28.2 Å². The van der Waals surface area contributed by atoms with Crippen LogP contribution in [0.25, 0.3) is 5.69 Å². The normalized spacial score (nSPS) is 13.6. The molecule has 1 heterocycles. The molecule has 3 rings (SSSR count). The minimum absolute atomic E-state index is 0.407. The minimum Gasteiger partial charge on any atom is -0.223 e. The highest BCUT2D eigenvalue weighted by Crippen LogP contribution is 2.32. The number of halogens is 3. The third-order valence-electron chi connectivity index (χ3n) is 4.44.